The van der Waals surface area contributed by atoms with Crippen molar-refractivity contribution in [1.82, 2.24) is 15.6 Å². The molecule has 1 unspecified atom stereocenters. The van der Waals surface area contributed by atoms with Crippen LogP contribution in [0.4, 0.5) is 0 Å². The summed E-state index contributed by atoms with van der Waals surface area (Å²) in [5.41, 5.74) is 1.24. The summed E-state index contributed by atoms with van der Waals surface area (Å²) >= 11 is 0. The van der Waals surface area contributed by atoms with Crippen LogP contribution in [0.1, 0.15) is 25.8 Å². The SMILES string of the molecule is CCC(C)NC(=NC)NCCc1cccnc1. The van der Waals surface area contributed by atoms with Crippen molar-refractivity contribution in [3.8, 4) is 0 Å². The Morgan fingerprint density at radius 2 is 2.35 bits per heavy atom. The zero-order valence-corrected chi connectivity index (χ0v) is 10.9. The highest BCUT2D eigenvalue weighted by atomic mass is 15.2. The molecule has 0 amide bonds. The Balaban J connectivity index is 2.29. The van der Waals surface area contributed by atoms with Crippen molar-refractivity contribution in [2.24, 2.45) is 4.99 Å². The Kier molecular flexibility index (Phi) is 6.07. The summed E-state index contributed by atoms with van der Waals surface area (Å²) in [7, 11) is 1.79. The number of rotatable bonds is 5. The quantitative estimate of drug-likeness (QED) is 0.601. The van der Waals surface area contributed by atoms with E-state index in [0.29, 0.717) is 6.04 Å². The summed E-state index contributed by atoms with van der Waals surface area (Å²) in [4.78, 5) is 8.28. The van der Waals surface area contributed by atoms with Gasteiger partial charge in [-0.2, -0.15) is 0 Å². The highest BCUT2D eigenvalue weighted by Gasteiger charge is 2.01. The number of hydrogen-bond acceptors (Lipinski definition) is 2. The molecular formula is C13H22N4. The topological polar surface area (TPSA) is 49.3 Å². The fourth-order valence-electron chi connectivity index (χ4n) is 1.40. The molecule has 2 N–H and O–H groups in total. The minimum atomic E-state index is 0.444. The van der Waals surface area contributed by atoms with Gasteiger partial charge in [-0.1, -0.05) is 13.0 Å². The van der Waals surface area contributed by atoms with Crippen molar-refractivity contribution in [1.29, 1.82) is 0 Å². The predicted molar refractivity (Wildman–Crippen MR) is 72.2 cm³/mol. The second kappa shape index (κ2) is 7.65. The summed E-state index contributed by atoms with van der Waals surface area (Å²) in [6.45, 7) is 5.16. The first-order valence-electron chi connectivity index (χ1n) is 6.12. The molecule has 1 atom stereocenters. The maximum atomic E-state index is 4.19. The lowest BCUT2D eigenvalue weighted by atomic mass is 10.2. The van der Waals surface area contributed by atoms with Crippen molar-refractivity contribution in [3.63, 3.8) is 0 Å². The fraction of sp³-hybridized carbons (Fsp3) is 0.538. The van der Waals surface area contributed by atoms with Crippen molar-refractivity contribution in [2.45, 2.75) is 32.7 Å². The van der Waals surface area contributed by atoms with Gasteiger partial charge in [0.25, 0.3) is 0 Å². The lowest BCUT2D eigenvalue weighted by Crippen LogP contribution is -2.42. The lowest BCUT2D eigenvalue weighted by molar-refractivity contribution is 0.624. The van der Waals surface area contributed by atoms with E-state index in [1.165, 1.54) is 5.56 Å². The third-order valence-electron chi connectivity index (χ3n) is 2.65. The summed E-state index contributed by atoms with van der Waals surface area (Å²) < 4.78 is 0. The van der Waals surface area contributed by atoms with E-state index < -0.39 is 0 Å². The van der Waals surface area contributed by atoms with Crippen LogP contribution in [0.3, 0.4) is 0 Å². The molecule has 1 aromatic heterocycles. The molecule has 1 heterocycles. The van der Waals surface area contributed by atoms with E-state index in [-0.39, 0.29) is 0 Å². The van der Waals surface area contributed by atoms with Crippen LogP contribution in [-0.2, 0) is 6.42 Å². The van der Waals surface area contributed by atoms with Gasteiger partial charge in [0.05, 0.1) is 0 Å². The van der Waals surface area contributed by atoms with Crippen LogP contribution in [0.5, 0.6) is 0 Å². The minimum absolute atomic E-state index is 0.444. The lowest BCUT2D eigenvalue weighted by Gasteiger charge is -2.16. The van der Waals surface area contributed by atoms with Crippen LogP contribution in [0.15, 0.2) is 29.5 Å². The maximum Gasteiger partial charge on any atom is 0.191 e. The molecule has 1 rings (SSSR count). The third-order valence-corrected chi connectivity index (χ3v) is 2.65. The first kappa shape index (κ1) is 13.5. The second-order valence-electron chi connectivity index (χ2n) is 4.06. The molecule has 0 aromatic carbocycles. The summed E-state index contributed by atoms with van der Waals surface area (Å²) in [5, 5.41) is 6.62. The van der Waals surface area contributed by atoms with Crippen molar-refractivity contribution >= 4 is 5.96 Å². The minimum Gasteiger partial charge on any atom is -0.356 e. The Morgan fingerprint density at radius 1 is 1.53 bits per heavy atom. The molecule has 4 nitrogen and oxygen atoms in total. The van der Waals surface area contributed by atoms with Gasteiger partial charge >= 0.3 is 0 Å². The molecule has 94 valence electrons. The smallest absolute Gasteiger partial charge is 0.191 e. The number of aliphatic imine (C=N–C) groups is 1. The molecule has 0 aliphatic heterocycles. The van der Waals surface area contributed by atoms with E-state index in [1.807, 2.05) is 12.3 Å². The van der Waals surface area contributed by atoms with Gasteiger partial charge in [0.2, 0.25) is 0 Å². The molecule has 0 saturated carbocycles. The molecule has 0 fully saturated rings. The van der Waals surface area contributed by atoms with Crippen LogP contribution in [-0.4, -0.2) is 30.6 Å². The maximum absolute atomic E-state index is 4.19. The molecule has 0 radical (unpaired) electrons. The Morgan fingerprint density at radius 3 is 2.94 bits per heavy atom. The largest absolute Gasteiger partial charge is 0.356 e. The van der Waals surface area contributed by atoms with Crippen LogP contribution >= 0.6 is 0 Å². The van der Waals surface area contributed by atoms with Crippen molar-refractivity contribution < 1.29 is 0 Å². The number of aromatic nitrogens is 1. The number of hydrogen-bond donors (Lipinski definition) is 2. The predicted octanol–water partition coefficient (Wildman–Crippen LogP) is 1.59. The van der Waals surface area contributed by atoms with Gasteiger partial charge in [-0.25, -0.2) is 0 Å². The molecule has 1 aromatic rings. The van der Waals surface area contributed by atoms with E-state index in [9.17, 15) is 0 Å². The number of nitrogens with one attached hydrogen (secondary N) is 2. The molecule has 0 bridgehead atoms. The second-order valence-corrected chi connectivity index (χ2v) is 4.06. The van der Waals surface area contributed by atoms with E-state index in [2.05, 4.69) is 40.5 Å². The fourth-order valence-corrected chi connectivity index (χ4v) is 1.40. The molecule has 4 heteroatoms. The van der Waals surface area contributed by atoms with Gasteiger partial charge in [0, 0.05) is 32.0 Å². The van der Waals surface area contributed by atoms with E-state index in [1.54, 1.807) is 13.2 Å². The standard InChI is InChI=1S/C13H22N4/c1-4-11(2)17-13(14-3)16-9-7-12-6-5-8-15-10-12/h5-6,8,10-11H,4,7,9H2,1-3H3,(H2,14,16,17). The van der Waals surface area contributed by atoms with Crippen molar-refractivity contribution in [2.75, 3.05) is 13.6 Å². The van der Waals surface area contributed by atoms with Gasteiger partial charge < -0.3 is 10.6 Å². The number of guanidine groups is 1. The zero-order chi connectivity index (χ0) is 12.5. The Hall–Kier alpha value is -1.58. The molecule has 0 aliphatic rings. The number of nitrogens with zero attached hydrogens (tertiary/aromatic N) is 2. The van der Waals surface area contributed by atoms with E-state index in [4.69, 9.17) is 0 Å². The highest BCUT2D eigenvalue weighted by molar-refractivity contribution is 5.79. The number of pyridine rings is 1. The van der Waals surface area contributed by atoms with Gasteiger partial charge in [0.1, 0.15) is 0 Å². The Labute approximate surface area is 104 Å². The van der Waals surface area contributed by atoms with E-state index >= 15 is 0 Å². The first-order chi connectivity index (χ1) is 8.26. The van der Waals surface area contributed by atoms with Gasteiger partial charge in [-0.05, 0) is 31.4 Å². The van der Waals surface area contributed by atoms with E-state index in [0.717, 1.165) is 25.3 Å². The average molecular weight is 234 g/mol. The van der Waals surface area contributed by atoms with Gasteiger partial charge in [-0.3, -0.25) is 9.98 Å². The molecular weight excluding hydrogens is 212 g/mol. The first-order valence-corrected chi connectivity index (χ1v) is 6.12. The van der Waals surface area contributed by atoms with Gasteiger partial charge in [0.15, 0.2) is 5.96 Å². The molecule has 0 spiro atoms. The van der Waals surface area contributed by atoms with Crippen LogP contribution in [0.25, 0.3) is 0 Å². The van der Waals surface area contributed by atoms with Crippen LogP contribution in [0, 0.1) is 0 Å². The summed E-state index contributed by atoms with van der Waals surface area (Å²) in [6.07, 6.45) is 5.73. The molecule has 0 saturated heterocycles. The average Bonchev–Trinajstić information content (AvgIpc) is 2.38. The molecule has 0 aliphatic carbocycles. The van der Waals surface area contributed by atoms with Gasteiger partial charge in [-0.15, -0.1) is 0 Å². The van der Waals surface area contributed by atoms with Crippen molar-refractivity contribution in [3.05, 3.63) is 30.1 Å². The van der Waals surface area contributed by atoms with Crippen LogP contribution < -0.4 is 10.6 Å². The summed E-state index contributed by atoms with van der Waals surface area (Å²) in [6, 6.07) is 4.49. The monoisotopic (exact) mass is 234 g/mol. The zero-order valence-electron chi connectivity index (χ0n) is 10.9. The summed E-state index contributed by atoms with van der Waals surface area (Å²) in [5.74, 6) is 0.864. The molecule has 17 heavy (non-hydrogen) atoms. The van der Waals surface area contributed by atoms with Crippen LogP contribution in [0.2, 0.25) is 0 Å². The Bertz CT molecular complexity index is 335. The third kappa shape index (κ3) is 5.33. The highest BCUT2D eigenvalue weighted by Crippen LogP contribution is 1.95. The normalized spacial score (nSPS) is 13.2.